The summed E-state index contributed by atoms with van der Waals surface area (Å²) in [4.78, 5) is 57.3. The Morgan fingerprint density at radius 2 is 1.68 bits per heavy atom. The van der Waals surface area contributed by atoms with Crippen molar-refractivity contribution in [3.05, 3.63) is 39.7 Å². The number of amides is 1. The molecular weight excluding hydrogens is 1020 g/mol. The Balaban J connectivity index is 1.15. The molecule has 3 fully saturated rings. The van der Waals surface area contributed by atoms with Crippen LogP contribution in [0.1, 0.15) is 111 Å². The summed E-state index contributed by atoms with van der Waals surface area (Å²) in [6.45, 7) is 19.1. The number of carboxylic acids is 1. The van der Waals surface area contributed by atoms with Crippen LogP contribution in [0.25, 0.3) is 10.9 Å². The van der Waals surface area contributed by atoms with Crippen molar-refractivity contribution in [2.45, 2.75) is 203 Å². The number of rotatable bonds is 16. The smallest absolute Gasteiger partial charge is 0.407 e. The minimum Gasteiger partial charge on any atom is -0.477 e. The number of aromatic carboxylic acids is 1. The highest BCUT2D eigenvalue weighted by molar-refractivity contribution is 7.99. The van der Waals surface area contributed by atoms with Gasteiger partial charge in [-0.25, -0.2) is 9.59 Å². The first-order valence-electron chi connectivity index (χ1n) is 27.2. The van der Waals surface area contributed by atoms with Crippen molar-refractivity contribution in [1.82, 2.24) is 19.7 Å². The number of alkyl carbamates (subject to hydrolysis) is 1. The standard InChI is InChI=1S/C55H88N4O17S/c1-15-40-55(10,68)46(62)33(6)58(13)27-29(2)25-53(8,67)47(75-51-44(61)39(57(11)12)22-30(3)71-51)31(4)45(32(5)50(65)73-40)74-41-26-54(9,69-14)48(34(7)72-41)76-52(66)56-17-19-70-20-21-77-36-23-35-16-18-59-28-38(49(63)64)43(60)37(24-36)42(35)59/h23-24,28-34,39-41,44-48,51,61-62,67-68H,15-22,25-27H2,1-14H3,(H,56,66)(H,63,64)/t29-,30-,31+,32-,33-,34+,39+,40-,41+,44-,45+,46-,47-,48+,51+,53-,54-,55-/m1/s1. The van der Waals surface area contributed by atoms with Gasteiger partial charge >= 0.3 is 18.0 Å². The number of methoxy groups -OCH3 is 1. The molecule has 77 heavy (non-hydrogen) atoms. The Kier molecular flexibility index (Phi) is 21.1. The van der Waals surface area contributed by atoms with Crippen molar-refractivity contribution >= 4 is 40.7 Å². The molecule has 5 heterocycles. The number of ether oxygens (including phenoxy) is 8. The quantitative estimate of drug-likeness (QED) is 0.0788. The number of benzene rings is 1. The number of nitrogens with zero attached hydrogens (tertiary/aromatic N) is 3. The van der Waals surface area contributed by atoms with E-state index in [1.807, 2.05) is 55.4 Å². The lowest BCUT2D eigenvalue weighted by atomic mass is 9.77. The molecule has 0 spiro atoms. The van der Waals surface area contributed by atoms with Gasteiger partial charge < -0.3 is 83.1 Å². The number of carbonyl (C=O) groups is 3. The average molecular weight is 1110 g/mol. The normalized spacial score (nSPS) is 37.8. The second kappa shape index (κ2) is 26.0. The molecule has 436 valence electrons. The van der Waals surface area contributed by atoms with Crippen LogP contribution in [0.4, 0.5) is 4.79 Å². The Morgan fingerprint density at radius 1 is 0.974 bits per heavy atom. The number of aliphatic hydroxyl groups is 4. The zero-order valence-corrected chi connectivity index (χ0v) is 48.4. The number of likely N-dealkylation sites (N-methyl/N-ethyl adjacent to an activating group) is 2. The third kappa shape index (κ3) is 14.3. The molecule has 0 aliphatic carbocycles. The summed E-state index contributed by atoms with van der Waals surface area (Å²) in [5.41, 5.74) is -3.69. The maximum Gasteiger partial charge on any atom is 0.407 e. The molecule has 4 aliphatic rings. The molecule has 21 nitrogen and oxygen atoms in total. The summed E-state index contributed by atoms with van der Waals surface area (Å²) in [6.07, 6.45) is -7.88. The fourth-order valence-corrected chi connectivity index (χ4v) is 13.0. The first kappa shape index (κ1) is 62.7. The number of pyridine rings is 1. The number of aryl methyl sites for hydroxylation is 2. The van der Waals surface area contributed by atoms with Crippen LogP contribution in [0.5, 0.6) is 0 Å². The Bertz CT molecular complexity index is 2410. The molecule has 6 N–H and O–H groups in total. The number of cyclic esters (lactones) is 1. The Labute approximate surface area is 457 Å². The summed E-state index contributed by atoms with van der Waals surface area (Å²) < 4.78 is 52.3. The zero-order valence-electron chi connectivity index (χ0n) is 47.6. The van der Waals surface area contributed by atoms with Gasteiger partial charge in [0.15, 0.2) is 18.7 Å². The molecule has 1 aromatic carbocycles. The Morgan fingerprint density at radius 3 is 2.32 bits per heavy atom. The molecule has 6 rings (SSSR count). The molecule has 0 unspecified atom stereocenters. The van der Waals surface area contributed by atoms with Gasteiger partial charge in [-0.3, -0.25) is 9.59 Å². The molecule has 3 saturated heterocycles. The van der Waals surface area contributed by atoms with Crippen LogP contribution in [0, 0.1) is 17.8 Å². The van der Waals surface area contributed by atoms with Crippen molar-refractivity contribution in [2.75, 3.05) is 60.3 Å². The lowest BCUT2D eigenvalue weighted by Gasteiger charge is -2.49. The van der Waals surface area contributed by atoms with Crippen molar-refractivity contribution < 1.29 is 77.8 Å². The van der Waals surface area contributed by atoms with E-state index in [0.717, 1.165) is 16.0 Å². The molecule has 22 heteroatoms. The van der Waals surface area contributed by atoms with Gasteiger partial charge in [-0.2, -0.15) is 0 Å². The van der Waals surface area contributed by atoms with Crippen LogP contribution in [0.2, 0.25) is 0 Å². The third-order valence-corrected chi connectivity index (χ3v) is 17.4. The highest BCUT2D eigenvalue weighted by Crippen LogP contribution is 2.41. The van der Waals surface area contributed by atoms with Crippen LogP contribution >= 0.6 is 11.8 Å². The van der Waals surface area contributed by atoms with Gasteiger partial charge in [-0.05, 0) is 119 Å². The molecular formula is C55H88N4O17S. The summed E-state index contributed by atoms with van der Waals surface area (Å²) >= 11 is 1.48. The van der Waals surface area contributed by atoms with Crippen molar-refractivity contribution in [2.24, 2.45) is 17.8 Å². The second-order valence-electron chi connectivity index (χ2n) is 23.0. The number of hydrogen-bond acceptors (Lipinski definition) is 19. The molecule has 0 saturated carbocycles. The topological polar surface area (TPSA) is 267 Å². The highest BCUT2D eigenvalue weighted by Gasteiger charge is 2.54. The van der Waals surface area contributed by atoms with Gasteiger partial charge in [-0.15, -0.1) is 11.8 Å². The average Bonchev–Trinajstić information content (AvgIpc) is 3.77. The lowest BCUT2D eigenvalue weighted by molar-refractivity contribution is -0.317. The first-order valence-corrected chi connectivity index (χ1v) is 28.2. The Hall–Kier alpha value is -3.49. The number of thioether (sulfide) groups is 1. The number of esters is 1. The molecule has 0 radical (unpaired) electrons. The minimum absolute atomic E-state index is 0.0151. The van der Waals surface area contributed by atoms with Crippen LogP contribution in [0.15, 0.2) is 28.0 Å². The molecule has 0 bridgehead atoms. The highest BCUT2D eigenvalue weighted by atomic mass is 32.2. The molecule has 4 aliphatic heterocycles. The molecule has 1 aromatic heterocycles. The summed E-state index contributed by atoms with van der Waals surface area (Å²) in [5.74, 6) is -3.62. The predicted molar refractivity (Wildman–Crippen MR) is 287 cm³/mol. The molecule has 2 aromatic rings. The maximum absolute atomic E-state index is 14.6. The van der Waals surface area contributed by atoms with Gasteiger partial charge in [0.25, 0.3) is 0 Å². The third-order valence-electron chi connectivity index (χ3n) is 16.5. The van der Waals surface area contributed by atoms with E-state index < -0.39 is 113 Å². The fourth-order valence-electron chi connectivity index (χ4n) is 12.1. The summed E-state index contributed by atoms with van der Waals surface area (Å²) in [7, 11) is 7.05. The van der Waals surface area contributed by atoms with E-state index in [9.17, 15) is 44.7 Å². The zero-order chi connectivity index (χ0) is 57.1. The van der Waals surface area contributed by atoms with Gasteiger partial charge in [0, 0.05) is 73.4 Å². The largest absolute Gasteiger partial charge is 0.477 e. The van der Waals surface area contributed by atoms with E-state index in [-0.39, 0.29) is 56.0 Å². The number of carbonyl (C=O) groups excluding carboxylic acids is 2. The SMILES string of the molecule is CC[C@H]1OC(=O)[C@H](C)[C@@H](O[C@H]2C[C@@](C)(OC)[C@@H](OC(=O)NCCOCCSc3cc4c5c(c3)c(=O)c(C(=O)O)cn5CC4)[C@H](C)O2)[C@H](C)[C@@H](O[C@@H]2O[C@H](C)C[C@H](N(C)C)[C@H]2O)[C@](C)(O)C[C@@H](C)CN(C)[C@H](C)[C@@H](O)[C@]1(C)O. The van der Waals surface area contributed by atoms with Crippen LogP contribution in [-0.4, -0.2) is 209 Å². The van der Waals surface area contributed by atoms with Crippen LogP contribution in [-0.2, 0) is 55.7 Å². The number of aromatic nitrogens is 1. The van der Waals surface area contributed by atoms with Gasteiger partial charge in [-0.1, -0.05) is 20.8 Å². The molecule has 18 atom stereocenters. The first-order chi connectivity index (χ1) is 36.0. The number of nitrogens with one attached hydrogen (secondary N) is 1. The summed E-state index contributed by atoms with van der Waals surface area (Å²) in [6, 6.07) is 2.84. The van der Waals surface area contributed by atoms with Crippen molar-refractivity contribution in [1.29, 1.82) is 0 Å². The second-order valence-corrected chi connectivity index (χ2v) is 24.2. The van der Waals surface area contributed by atoms with Crippen LogP contribution < -0.4 is 10.7 Å². The number of hydrogen-bond donors (Lipinski definition) is 6. The van der Waals surface area contributed by atoms with Gasteiger partial charge in [0.05, 0.1) is 54.7 Å². The van der Waals surface area contributed by atoms with Crippen LogP contribution in [0.3, 0.4) is 0 Å². The maximum atomic E-state index is 14.6. The monoisotopic (exact) mass is 1110 g/mol. The van der Waals surface area contributed by atoms with E-state index >= 15 is 0 Å². The van der Waals surface area contributed by atoms with Crippen molar-refractivity contribution in [3.63, 3.8) is 0 Å². The van der Waals surface area contributed by atoms with Gasteiger partial charge in [0.2, 0.25) is 5.43 Å². The predicted octanol–water partition coefficient (Wildman–Crippen LogP) is 4.01. The fraction of sp³-hybridized carbons (Fsp3) is 0.782. The lowest BCUT2D eigenvalue weighted by Crippen LogP contribution is -2.61. The number of aliphatic hydroxyl groups excluding tert-OH is 2. The number of carboxylic acid groups (broad SMARTS) is 1. The van der Waals surface area contributed by atoms with Crippen molar-refractivity contribution in [3.8, 4) is 0 Å². The summed E-state index contributed by atoms with van der Waals surface area (Å²) in [5, 5.41) is 60.8. The van der Waals surface area contributed by atoms with E-state index in [1.54, 1.807) is 54.5 Å². The van der Waals surface area contributed by atoms with E-state index in [0.29, 0.717) is 43.7 Å². The van der Waals surface area contributed by atoms with Gasteiger partial charge in [0.1, 0.15) is 35.1 Å². The minimum atomic E-state index is -1.87. The molecule has 1 amide bonds. The van der Waals surface area contributed by atoms with E-state index in [4.69, 9.17) is 37.9 Å². The van der Waals surface area contributed by atoms with E-state index in [1.165, 1.54) is 32.0 Å². The van der Waals surface area contributed by atoms with E-state index in [2.05, 4.69) is 5.32 Å².